The molecule has 0 spiro atoms. The highest BCUT2D eigenvalue weighted by Crippen LogP contribution is 2.26. The Balaban J connectivity index is 2.20. The van der Waals surface area contributed by atoms with E-state index in [1.54, 1.807) is 4.31 Å². The summed E-state index contributed by atoms with van der Waals surface area (Å²) in [5.41, 5.74) is 0. The fourth-order valence-electron chi connectivity index (χ4n) is 2.90. The van der Waals surface area contributed by atoms with Crippen molar-refractivity contribution in [1.29, 1.82) is 0 Å². The van der Waals surface area contributed by atoms with Crippen molar-refractivity contribution in [3.63, 3.8) is 0 Å². The van der Waals surface area contributed by atoms with E-state index < -0.39 is 16.3 Å². The van der Waals surface area contributed by atoms with E-state index in [9.17, 15) is 13.2 Å². The lowest BCUT2D eigenvalue weighted by Crippen LogP contribution is -2.54. The minimum atomic E-state index is -3.46. The van der Waals surface area contributed by atoms with Gasteiger partial charge in [-0.1, -0.05) is 12.8 Å². The highest BCUT2D eigenvalue weighted by atomic mass is 32.2. The van der Waals surface area contributed by atoms with E-state index in [-0.39, 0.29) is 6.04 Å². The SMILES string of the molecule is CC1CCCCN1S(=O)(=O)N1CCCCC1C=O. The van der Waals surface area contributed by atoms with Gasteiger partial charge in [0, 0.05) is 19.1 Å². The van der Waals surface area contributed by atoms with E-state index in [2.05, 4.69) is 0 Å². The van der Waals surface area contributed by atoms with E-state index in [0.29, 0.717) is 19.5 Å². The zero-order chi connectivity index (χ0) is 13.2. The normalized spacial score (nSPS) is 32.3. The minimum Gasteiger partial charge on any atom is -0.302 e. The van der Waals surface area contributed by atoms with Crippen molar-refractivity contribution in [2.24, 2.45) is 0 Å². The van der Waals surface area contributed by atoms with Crippen LogP contribution in [0.5, 0.6) is 0 Å². The molecule has 2 rings (SSSR count). The van der Waals surface area contributed by atoms with Crippen molar-refractivity contribution < 1.29 is 13.2 Å². The second kappa shape index (κ2) is 5.67. The molecule has 2 aliphatic heterocycles. The van der Waals surface area contributed by atoms with Crippen LogP contribution in [0.4, 0.5) is 0 Å². The second-order valence-corrected chi connectivity index (χ2v) is 7.11. The fourth-order valence-corrected chi connectivity index (χ4v) is 4.95. The lowest BCUT2D eigenvalue weighted by molar-refractivity contribution is -0.111. The summed E-state index contributed by atoms with van der Waals surface area (Å²) in [6.45, 7) is 3.02. The minimum absolute atomic E-state index is 0.0537. The molecule has 5 nitrogen and oxygen atoms in total. The average Bonchev–Trinajstić information content (AvgIpc) is 2.39. The molecule has 0 aromatic heterocycles. The van der Waals surface area contributed by atoms with Gasteiger partial charge in [0.2, 0.25) is 0 Å². The Bertz CT molecular complexity index is 396. The molecular formula is C12H22N2O3S. The summed E-state index contributed by atoms with van der Waals surface area (Å²) < 4.78 is 28.2. The van der Waals surface area contributed by atoms with Crippen LogP contribution in [-0.2, 0) is 15.0 Å². The molecule has 6 heteroatoms. The van der Waals surface area contributed by atoms with E-state index in [4.69, 9.17) is 0 Å². The van der Waals surface area contributed by atoms with Crippen LogP contribution < -0.4 is 0 Å². The first kappa shape index (κ1) is 14.0. The molecule has 0 aliphatic carbocycles. The highest BCUT2D eigenvalue weighted by Gasteiger charge is 2.39. The van der Waals surface area contributed by atoms with Crippen LogP contribution in [-0.4, -0.2) is 48.5 Å². The van der Waals surface area contributed by atoms with Crippen LogP contribution in [0.3, 0.4) is 0 Å². The van der Waals surface area contributed by atoms with Crippen LogP contribution >= 0.6 is 0 Å². The molecule has 2 fully saturated rings. The van der Waals surface area contributed by atoms with Gasteiger partial charge in [-0.2, -0.15) is 17.0 Å². The lowest BCUT2D eigenvalue weighted by atomic mass is 10.1. The van der Waals surface area contributed by atoms with Crippen LogP contribution in [0.25, 0.3) is 0 Å². The van der Waals surface area contributed by atoms with Crippen LogP contribution in [0.2, 0.25) is 0 Å². The molecule has 2 heterocycles. The molecule has 0 bridgehead atoms. The summed E-state index contributed by atoms with van der Waals surface area (Å²) >= 11 is 0. The smallest absolute Gasteiger partial charge is 0.282 e. The average molecular weight is 274 g/mol. The van der Waals surface area contributed by atoms with Crippen LogP contribution in [0.15, 0.2) is 0 Å². The third-order valence-electron chi connectivity index (χ3n) is 3.99. The maximum Gasteiger partial charge on any atom is 0.282 e. The van der Waals surface area contributed by atoms with E-state index >= 15 is 0 Å². The largest absolute Gasteiger partial charge is 0.302 e. The molecule has 0 amide bonds. The number of rotatable bonds is 3. The maximum atomic E-state index is 12.6. The standard InChI is InChI=1S/C12H22N2O3S/c1-11-6-2-4-8-13(11)18(16,17)14-9-5-3-7-12(14)10-15/h10-12H,2-9H2,1H3. The third-order valence-corrected chi connectivity index (χ3v) is 6.17. The maximum absolute atomic E-state index is 12.6. The van der Waals surface area contributed by atoms with Crippen molar-refractivity contribution in [3.05, 3.63) is 0 Å². The van der Waals surface area contributed by atoms with Gasteiger partial charge >= 0.3 is 0 Å². The van der Waals surface area contributed by atoms with Crippen molar-refractivity contribution in [2.45, 2.75) is 57.5 Å². The summed E-state index contributed by atoms with van der Waals surface area (Å²) in [6, 6.07) is -0.407. The summed E-state index contributed by atoms with van der Waals surface area (Å²) in [4.78, 5) is 11.1. The molecule has 0 N–H and O–H groups in total. The monoisotopic (exact) mass is 274 g/mol. The van der Waals surface area contributed by atoms with Crippen molar-refractivity contribution in [2.75, 3.05) is 13.1 Å². The Labute approximate surface area is 109 Å². The Hall–Kier alpha value is -0.460. The van der Waals surface area contributed by atoms with Gasteiger partial charge in [-0.05, 0) is 32.6 Å². The molecule has 2 unspecified atom stereocenters. The van der Waals surface area contributed by atoms with E-state index in [1.807, 2.05) is 6.92 Å². The number of hydrogen-bond donors (Lipinski definition) is 0. The van der Waals surface area contributed by atoms with Crippen LogP contribution in [0, 0.1) is 0 Å². The van der Waals surface area contributed by atoms with Crippen molar-refractivity contribution in [1.82, 2.24) is 8.61 Å². The quantitative estimate of drug-likeness (QED) is 0.726. The third kappa shape index (κ3) is 2.60. The molecule has 0 aromatic rings. The van der Waals surface area contributed by atoms with E-state index in [1.165, 1.54) is 4.31 Å². The first-order chi connectivity index (χ1) is 8.57. The number of carbonyl (C=O) groups excluding carboxylic acids is 1. The fraction of sp³-hybridized carbons (Fsp3) is 0.917. The zero-order valence-corrected chi connectivity index (χ0v) is 11.7. The Morgan fingerprint density at radius 2 is 1.61 bits per heavy atom. The zero-order valence-electron chi connectivity index (χ0n) is 10.9. The lowest BCUT2D eigenvalue weighted by Gasteiger charge is -2.39. The molecule has 104 valence electrons. The second-order valence-electron chi connectivity index (χ2n) is 5.27. The topological polar surface area (TPSA) is 57.7 Å². The van der Waals surface area contributed by atoms with Gasteiger partial charge in [-0.25, -0.2) is 0 Å². The first-order valence-corrected chi connectivity index (χ1v) is 8.21. The van der Waals surface area contributed by atoms with Gasteiger partial charge in [0.25, 0.3) is 10.2 Å². The molecule has 0 aromatic carbocycles. The molecule has 2 aliphatic rings. The number of piperidine rings is 2. The van der Waals surface area contributed by atoms with E-state index in [0.717, 1.165) is 38.4 Å². The molecule has 2 saturated heterocycles. The summed E-state index contributed by atoms with van der Waals surface area (Å²) in [7, 11) is -3.46. The highest BCUT2D eigenvalue weighted by molar-refractivity contribution is 7.86. The van der Waals surface area contributed by atoms with Gasteiger partial charge in [0.1, 0.15) is 6.29 Å². The summed E-state index contributed by atoms with van der Waals surface area (Å²) in [5.74, 6) is 0. The Morgan fingerprint density at radius 1 is 1.00 bits per heavy atom. The molecule has 0 saturated carbocycles. The number of aldehydes is 1. The molecule has 2 atom stereocenters. The van der Waals surface area contributed by atoms with Gasteiger partial charge in [0.15, 0.2) is 0 Å². The molecular weight excluding hydrogens is 252 g/mol. The van der Waals surface area contributed by atoms with Crippen molar-refractivity contribution in [3.8, 4) is 0 Å². The Kier molecular flexibility index (Phi) is 4.40. The number of nitrogens with zero attached hydrogens (tertiary/aromatic N) is 2. The predicted molar refractivity (Wildman–Crippen MR) is 69.3 cm³/mol. The van der Waals surface area contributed by atoms with Gasteiger partial charge in [0.05, 0.1) is 6.04 Å². The Morgan fingerprint density at radius 3 is 2.22 bits per heavy atom. The van der Waals surface area contributed by atoms with Crippen molar-refractivity contribution >= 4 is 16.5 Å². The molecule has 0 radical (unpaired) electrons. The first-order valence-electron chi connectivity index (χ1n) is 6.81. The predicted octanol–water partition coefficient (Wildman–Crippen LogP) is 1.16. The number of carbonyl (C=O) groups is 1. The van der Waals surface area contributed by atoms with Gasteiger partial charge in [-0.15, -0.1) is 0 Å². The van der Waals surface area contributed by atoms with Gasteiger partial charge < -0.3 is 4.79 Å². The van der Waals surface area contributed by atoms with Crippen LogP contribution in [0.1, 0.15) is 45.4 Å². The summed E-state index contributed by atoms with van der Waals surface area (Å²) in [5, 5.41) is 0. The molecule has 18 heavy (non-hydrogen) atoms. The van der Waals surface area contributed by atoms with Gasteiger partial charge in [-0.3, -0.25) is 0 Å². The number of hydrogen-bond acceptors (Lipinski definition) is 3. The summed E-state index contributed by atoms with van der Waals surface area (Å²) in [6.07, 6.45) is 6.15.